The Bertz CT molecular complexity index is 1290. The summed E-state index contributed by atoms with van der Waals surface area (Å²) in [5.74, 6) is -5.22. The Labute approximate surface area is 316 Å². The number of hydrogen-bond donors (Lipinski definition) is 11. The predicted molar refractivity (Wildman–Crippen MR) is 201 cm³/mol. The van der Waals surface area contributed by atoms with Gasteiger partial charge in [-0.15, -0.1) is 0 Å². The molecule has 0 heterocycles. The molecule has 0 aliphatic rings. The van der Waals surface area contributed by atoms with E-state index in [2.05, 4.69) is 36.9 Å². The molecule has 20 heteroatoms. The maximum absolute atomic E-state index is 12.8. The number of carboxylic acid groups (broad SMARTS) is 1. The molecule has 0 aromatic rings. The fourth-order valence-corrected chi connectivity index (χ4v) is 5.36. The van der Waals surface area contributed by atoms with Crippen molar-refractivity contribution < 1.29 is 43.5 Å². The molecule has 0 saturated heterocycles. The van der Waals surface area contributed by atoms with Gasteiger partial charge in [0.1, 0.15) is 17.9 Å². The Hall–Kier alpha value is -4.85. The summed E-state index contributed by atoms with van der Waals surface area (Å²) in [4.78, 5) is 103. The normalized spacial score (nSPS) is 14.7. The highest BCUT2D eigenvalue weighted by Gasteiger charge is 2.26. The average molecular weight is 770 g/mol. The van der Waals surface area contributed by atoms with Gasteiger partial charge in [-0.3, -0.25) is 43.3 Å². The van der Waals surface area contributed by atoms with E-state index in [9.17, 15) is 43.5 Å². The van der Waals surface area contributed by atoms with Crippen LogP contribution in [0.5, 0.6) is 0 Å². The molecule has 0 bridgehead atoms. The van der Waals surface area contributed by atoms with Gasteiger partial charge in [-0.2, -0.15) is 0 Å². The molecule has 0 aliphatic heterocycles. The standard InChI is InChI=1S/C34H63N11O9/c1-19(13-25(46)17-24(33(53)54)9-6-7-11-35)40-27(47)14-20(2)41-28(48)15-21(3)42-29(49)16-22(4)43-31(51)23(5)44-32(52)26(45-30(50)18-36)10-8-12-39-34(37)38/h19-24,26H,6-18,35-36H2,1-5H3,(H,40,47)(H,41,48)(H,42,49)(H,43,51)(H,44,52)(H,45,50)(H,53,54)(H4,37,38,39)/t19-,20-,21-,22-,23-,24-,26-/m0/s1. The van der Waals surface area contributed by atoms with E-state index in [1.807, 2.05) is 0 Å². The third-order valence-corrected chi connectivity index (χ3v) is 7.98. The van der Waals surface area contributed by atoms with Gasteiger partial charge in [0.2, 0.25) is 35.4 Å². The molecule has 6 amide bonds. The lowest BCUT2D eigenvalue weighted by Gasteiger charge is -2.22. The van der Waals surface area contributed by atoms with Gasteiger partial charge in [-0.1, -0.05) is 6.42 Å². The summed E-state index contributed by atoms with van der Waals surface area (Å²) in [6, 6.07) is -4.30. The number of aliphatic carboxylic acids is 1. The molecule has 0 rings (SSSR count). The number of amides is 6. The number of aliphatic imine (C=N–C) groups is 1. The van der Waals surface area contributed by atoms with Crippen molar-refractivity contribution in [2.24, 2.45) is 33.8 Å². The molecule has 0 aromatic heterocycles. The van der Waals surface area contributed by atoms with Gasteiger partial charge in [0, 0.05) is 62.8 Å². The Kier molecular flexibility index (Phi) is 24.4. The molecule has 0 aliphatic carbocycles. The van der Waals surface area contributed by atoms with Gasteiger partial charge in [-0.25, -0.2) is 0 Å². The van der Waals surface area contributed by atoms with Crippen LogP contribution >= 0.6 is 0 Å². The molecule has 0 unspecified atom stereocenters. The van der Waals surface area contributed by atoms with Crippen LogP contribution in [0, 0.1) is 5.92 Å². The van der Waals surface area contributed by atoms with E-state index in [0.29, 0.717) is 32.2 Å². The van der Waals surface area contributed by atoms with Gasteiger partial charge in [0.25, 0.3) is 0 Å². The van der Waals surface area contributed by atoms with Crippen molar-refractivity contribution in [1.29, 1.82) is 0 Å². The van der Waals surface area contributed by atoms with Crippen LogP contribution in [0.25, 0.3) is 0 Å². The third-order valence-electron chi connectivity index (χ3n) is 7.98. The number of carbonyl (C=O) groups excluding carboxylic acids is 7. The van der Waals surface area contributed by atoms with Crippen molar-refractivity contribution in [3.8, 4) is 0 Å². The first-order chi connectivity index (χ1) is 25.3. The summed E-state index contributed by atoms with van der Waals surface area (Å²) in [6.07, 6.45) is 1.75. The molecular weight excluding hydrogens is 706 g/mol. The summed E-state index contributed by atoms with van der Waals surface area (Å²) in [5.41, 5.74) is 21.4. The highest BCUT2D eigenvalue weighted by Crippen LogP contribution is 2.15. The number of nitrogens with zero attached hydrogens (tertiary/aromatic N) is 1. The van der Waals surface area contributed by atoms with Crippen molar-refractivity contribution in [1.82, 2.24) is 31.9 Å². The van der Waals surface area contributed by atoms with Crippen LogP contribution < -0.4 is 54.8 Å². The van der Waals surface area contributed by atoms with E-state index < -0.39 is 83.6 Å². The number of guanidine groups is 1. The molecule has 0 aromatic carbocycles. The van der Waals surface area contributed by atoms with E-state index in [4.69, 9.17) is 22.9 Å². The molecule has 0 fully saturated rings. The van der Waals surface area contributed by atoms with E-state index in [0.717, 1.165) is 0 Å². The maximum atomic E-state index is 12.8. The molecule has 20 nitrogen and oxygen atoms in total. The molecule has 0 saturated carbocycles. The van der Waals surface area contributed by atoms with Crippen molar-refractivity contribution >= 4 is 53.2 Å². The molecular formula is C34H63N11O9. The van der Waals surface area contributed by atoms with E-state index in [1.165, 1.54) is 6.92 Å². The average Bonchev–Trinajstić information content (AvgIpc) is 3.04. The van der Waals surface area contributed by atoms with Gasteiger partial charge in [-0.05, 0) is 66.8 Å². The monoisotopic (exact) mass is 769 g/mol. The largest absolute Gasteiger partial charge is 0.481 e. The smallest absolute Gasteiger partial charge is 0.306 e. The number of nitrogens with two attached hydrogens (primary N) is 4. The molecule has 0 radical (unpaired) electrons. The van der Waals surface area contributed by atoms with Crippen LogP contribution in [-0.4, -0.2) is 114 Å². The first kappa shape index (κ1) is 49.1. The number of ketones is 1. The Morgan fingerprint density at radius 1 is 0.574 bits per heavy atom. The summed E-state index contributed by atoms with van der Waals surface area (Å²) in [6.45, 7) is 8.27. The topological polar surface area (TPSA) is 345 Å². The molecule has 0 spiro atoms. The van der Waals surface area contributed by atoms with Crippen molar-refractivity contribution in [2.75, 3.05) is 19.6 Å². The van der Waals surface area contributed by atoms with Crippen molar-refractivity contribution in [3.63, 3.8) is 0 Å². The number of nitrogens with one attached hydrogen (secondary N) is 6. The van der Waals surface area contributed by atoms with Gasteiger partial charge in [0.15, 0.2) is 5.96 Å². The number of carbonyl (C=O) groups is 8. The van der Waals surface area contributed by atoms with Crippen LogP contribution in [0.1, 0.15) is 98.8 Å². The second-order valence-corrected chi connectivity index (χ2v) is 13.7. The van der Waals surface area contributed by atoms with E-state index >= 15 is 0 Å². The lowest BCUT2D eigenvalue weighted by Crippen LogP contribution is -2.54. The zero-order valence-electron chi connectivity index (χ0n) is 32.2. The van der Waals surface area contributed by atoms with Crippen LogP contribution in [0.3, 0.4) is 0 Å². The number of Topliss-reactive ketones (excluding diaryl/α,β-unsaturated/α-hetero) is 1. The van der Waals surface area contributed by atoms with Gasteiger partial charge < -0.3 is 59.9 Å². The summed E-state index contributed by atoms with van der Waals surface area (Å²) < 4.78 is 0. The highest BCUT2D eigenvalue weighted by atomic mass is 16.4. The zero-order chi connectivity index (χ0) is 41.4. The van der Waals surface area contributed by atoms with E-state index in [1.54, 1.807) is 27.7 Å². The molecule has 15 N–H and O–H groups in total. The minimum Gasteiger partial charge on any atom is -0.481 e. The van der Waals surface area contributed by atoms with Crippen LogP contribution in [0.15, 0.2) is 4.99 Å². The molecule has 54 heavy (non-hydrogen) atoms. The Morgan fingerprint density at radius 2 is 1.07 bits per heavy atom. The van der Waals surface area contributed by atoms with Gasteiger partial charge in [0.05, 0.1) is 12.5 Å². The van der Waals surface area contributed by atoms with Crippen molar-refractivity contribution in [3.05, 3.63) is 0 Å². The van der Waals surface area contributed by atoms with Crippen LogP contribution in [0.2, 0.25) is 0 Å². The number of unbranched alkanes of at least 4 members (excludes halogenated alkanes) is 1. The number of carboxylic acids is 1. The first-order valence-corrected chi connectivity index (χ1v) is 18.3. The SMILES string of the molecule is C[C@H](NC(=O)[C@H](CCCN=C(N)N)NC(=O)CN)C(=O)N[C@@H](C)CC(=O)N[C@@H](C)CC(=O)N[C@@H](C)CC(=O)N[C@@H](C)CC(=O)C[C@H](CCCCN)C(=O)O. The fourth-order valence-electron chi connectivity index (χ4n) is 5.36. The fraction of sp³-hybridized carbons (Fsp3) is 0.735. The minimum absolute atomic E-state index is 0.0250. The van der Waals surface area contributed by atoms with Crippen molar-refractivity contribution in [2.45, 2.75) is 135 Å². The minimum atomic E-state index is -1.04. The summed E-state index contributed by atoms with van der Waals surface area (Å²) in [7, 11) is 0. The zero-order valence-corrected chi connectivity index (χ0v) is 32.2. The van der Waals surface area contributed by atoms with Crippen LogP contribution in [-0.2, 0) is 38.4 Å². The van der Waals surface area contributed by atoms with Crippen LogP contribution in [0.4, 0.5) is 0 Å². The maximum Gasteiger partial charge on any atom is 0.306 e. The molecule has 308 valence electrons. The Balaban J connectivity index is 4.69. The van der Waals surface area contributed by atoms with Gasteiger partial charge >= 0.3 is 5.97 Å². The second kappa shape index (κ2) is 26.8. The third kappa shape index (κ3) is 23.7. The highest BCUT2D eigenvalue weighted by molar-refractivity contribution is 5.92. The first-order valence-electron chi connectivity index (χ1n) is 18.3. The molecule has 7 atom stereocenters. The predicted octanol–water partition coefficient (Wildman–Crippen LogP) is -2.64. The lowest BCUT2D eigenvalue weighted by atomic mass is 9.94. The summed E-state index contributed by atoms with van der Waals surface area (Å²) in [5, 5.41) is 25.2. The quantitative estimate of drug-likeness (QED) is 0.0220. The lowest BCUT2D eigenvalue weighted by molar-refractivity contribution is -0.144. The summed E-state index contributed by atoms with van der Waals surface area (Å²) >= 11 is 0. The second-order valence-electron chi connectivity index (χ2n) is 13.7. The number of rotatable bonds is 28. The number of hydrogen-bond acceptors (Lipinski definition) is 11. The van der Waals surface area contributed by atoms with E-state index in [-0.39, 0.29) is 63.4 Å². The Morgan fingerprint density at radius 3 is 1.54 bits per heavy atom.